The van der Waals surface area contributed by atoms with Crippen molar-refractivity contribution in [2.45, 2.75) is 6.54 Å². The van der Waals surface area contributed by atoms with Gasteiger partial charge in [0.15, 0.2) is 0 Å². The number of anilines is 1. The van der Waals surface area contributed by atoms with Gasteiger partial charge < -0.3 is 4.90 Å². The molecule has 0 amide bonds. The highest BCUT2D eigenvalue weighted by Crippen LogP contribution is 2.18. The van der Waals surface area contributed by atoms with Crippen molar-refractivity contribution in [3.05, 3.63) is 59.7 Å². The first-order valence-electron chi connectivity index (χ1n) is 7.14. The van der Waals surface area contributed by atoms with Crippen LogP contribution in [0, 0.1) is 17.6 Å². The van der Waals surface area contributed by atoms with Gasteiger partial charge in [-0.05, 0) is 24.3 Å². The Labute approximate surface area is 127 Å². The number of benzene rings is 1. The number of hydrogen-bond acceptors (Lipinski definition) is 3. The average molecular weight is 307 g/mol. The monoisotopic (exact) mass is 307 g/mol. The molecule has 1 aromatic heterocycles. The van der Waals surface area contributed by atoms with Crippen molar-refractivity contribution in [1.29, 1.82) is 0 Å². The van der Waals surface area contributed by atoms with Crippen molar-refractivity contribution in [1.82, 2.24) is 9.88 Å². The van der Waals surface area contributed by atoms with Crippen molar-refractivity contribution in [3.8, 4) is 0 Å². The van der Waals surface area contributed by atoms with E-state index in [-0.39, 0.29) is 5.82 Å². The maximum atomic E-state index is 13.7. The molecule has 0 saturated carbocycles. The Morgan fingerprint density at radius 2 is 1.73 bits per heavy atom. The lowest BCUT2D eigenvalue weighted by atomic mass is 10.1. The molecule has 1 aromatic carbocycles. The molecule has 22 heavy (non-hydrogen) atoms. The van der Waals surface area contributed by atoms with Gasteiger partial charge in [0.05, 0.1) is 0 Å². The molecule has 0 N–H and O–H groups in total. The minimum atomic E-state index is -0.498. The van der Waals surface area contributed by atoms with E-state index in [4.69, 9.17) is 0 Å². The Morgan fingerprint density at radius 3 is 2.45 bits per heavy atom. The van der Waals surface area contributed by atoms with Gasteiger partial charge in [-0.1, -0.05) is 0 Å². The Balaban J connectivity index is 1.61. The Morgan fingerprint density at radius 1 is 0.955 bits per heavy atom. The fraction of sp³-hybridized carbons (Fsp3) is 0.312. The van der Waals surface area contributed by atoms with Crippen LogP contribution in [0.4, 0.5) is 18.9 Å². The molecule has 1 aliphatic heterocycles. The van der Waals surface area contributed by atoms with Crippen molar-refractivity contribution in [2.75, 3.05) is 31.1 Å². The summed E-state index contributed by atoms with van der Waals surface area (Å²) in [5.41, 5.74) is 1.16. The van der Waals surface area contributed by atoms with E-state index < -0.39 is 11.8 Å². The highest BCUT2D eigenvalue weighted by atomic mass is 19.1. The van der Waals surface area contributed by atoms with Crippen LogP contribution < -0.4 is 4.90 Å². The second kappa shape index (κ2) is 6.36. The molecule has 3 nitrogen and oxygen atoms in total. The third kappa shape index (κ3) is 3.39. The minimum Gasteiger partial charge on any atom is -0.369 e. The molecule has 6 heteroatoms. The minimum absolute atomic E-state index is 0.364. The number of pyridine rings is 1. The maximum absolute atomic E-state index is 13.7. The van der Waals surface area contributed by atoms with E-state index in [2.05, 4.69) is 14.8 Å². The van der Waals surface area contributed by atoms with E-state index in [9.17, 15) is 13.2 Å². The molecule has 3 rings (SSSR count). The van der Waals surface area contributed by atoms with Crippen molar-refractivity contribution in [3.63, 3.8) is 0 Å². The van der Waals surface area contributed by atoms with Gasteiger partial charge in [-0.15, -0.1) is 0 Å². The van der Waals surface area contributed by atoms with Crippen LogP contribution in [-0.2, 0) is 6.54 Å². The molecule has 2 aromatic rings. The second-order valence-electron chi connectivity index (χ2n) is 5.34. The van der Waals surface area contributed by atoms with E-state index >= 15 is 0 Å². The van der Waals surface area contributed by atoms with Crippen molar-refractivity contribution < 1.29 is 13.2 Å². The van der Waals surface area contributed by atoms with Gasteiger partial charge in [-0.3, -0.25) is 4.90 Å². The van der Waals surface area contributed by atoms with E-state index in [0.29, 0.717) is 38.3 Å². The Hall–Kier alpha value is -2.08. The molecular formula is C16H16F3N3. The lowest BCUT2D eigenvalue weighted by molar-refractivity contribution is 0.246. The molecular weight excluding hydrogens is 291 g/mol. The van der Waals surface area contributed by atoms with Gasteiger partial charge in [0.1, 0.15) is 11.6 Å². The zero-order valence-electron chi connectivity index (χ0n) is 12.0. The summed E-state index contributed by atoms with van der Waals surface area (Å²) in [7, 11) is 0. The summed E-state index contributed by atoms with van der Waals surface area (Å²) in [4.78, 5) is 7.66. The van der Waals surface area contributed by atoms with Crippen molar-refractivity contribution in [2.24, 2.45) is 0 Å². The Bertz CT molecular complexity index is 655. The first kappa shape index (κ1) is 14.8. The van der Waals surface area contributed by atoms with Crippen LogP contribution >= 0.6 is 0 Å². The molecule has 0 spiro atoms. The number of halogens is 3. The van der Waals surface area contributed by atoms with Crippen LogP contribution in [0.5, 0.6) is 0 Å². The maximum Gasteiger partial charge on any atom is 0.214 e. The Kier molecular flexibility index (Phi) is 4.29. The van der Waals surface area contributed by atoms with Gasteiger partial charge >= 0.3 is 0 Å². The zero-order valence-corrected chi connectivity index (χ0v) is 12.0. The van der Waals surface area contributed by atoms with Crippen LogP contribution in [-0.4, -0.2) is 36.1 Å². The van der Waals surface area contributed by atoms with E-state index in [1.54, 1.807) is 6.07 Å². The summed E-state index contributed by atoms with van der Waals surface area (Å²) in [6.07, 6.45) is 1.44. The van der Waals surface area contributed by atoms with Crippen molar-refractivity contribution >= 4 is 5.69 Å². The molecule has 1 aliphatic rings. The fourth-order valence-electron chi connectivity index (χ4n) is 2.66. The lowest BCUT2D eigenvalue weighted by Crippen LogP contribution is -2.46. The first-order valence-corrected chi connectivity index (χ1v) is 7.14. The standard InChI is InChI=1S/C16H16F3N3/c17-13-1-2-15(18)12(9-13)11-21-5-7-22(8-6-21)14-3-4-20-16(19)10-14/h1-4,9-10H,5-8,11H2. The summed E-state index contributed by atoms with van der Waals surface area (Å²) in [5, 5.41) is 0. The summed E-state index contributed by atoms with van der Waals surface area (Å²) in [5.74, 6) is -1.32. The summed E-state index contributed by atoms with van der Waals surface area (Å²) >= 11 is 0. The third-order valence-electron chi connectivity index (χ3n) is 3.85. The highest BCUT2D eigenvalue weighted by Gasteiger charge is 2.19. The average Bonchev–Trinajstić information content (AvgIpc) is 2.52. The normalized spacial score (nSPS) is 16.0. The summed E-state index contributed by atoms with van der Waals surface area (Å²) in [6.45, 7) is 3.21. The smallest absolute Gasteiger partial charge is 0.214 e. The zero-order chi connectivity index (χ0) is 15.5. The number of rotatable bonds is 3. The molecule has 0 radical (unpaired) electrons. The third-order valence-corrected chi connectivity index (χ3v) is 3.85. The molecule has 2 heterocycles. The van der Waals surface area contributed by atoms with Crippen LogP contribution in [0.15, 0.2) is 36.5 Å². The number of nitrogens with zero attached hydrogens (tertiary/aromatic N) is 3. The first-order chi connectivity index (χ1) is 10.6. The van der Waals surface area contributed by atoms with E-state index in [0.717, 1.165) is 17.8 Å². The number of piperazine rings is 1. The molecule has 1 saturated heterocycles. The van der Waals surface area contributed by atoms with Crippen LogP contribution in [0.2, 0.25) is 0 Å². The predicted molar refractivity (Wildman–Crippen MR) is 78.0 cm³/mol. The van der Waals surface area contributed by atoms with Gasteiger partial charge in [-0.2, -0.15) is 4.39 Å². The number of hydrogen-bond donors (Lipinski definition) is 0. The van der Waals surface area contributed by atoms with Gasteiger partial charge in [0.2, 0.25) is 5.95 Å². The van der Waals surface area contributed by atoms with Gasteiger partial charge in [0, 0.05) is 56.2 Å². The molecule has 1 fully saturated rings. The predicted octanol–water partition coefficient (Wildman–Crippen LogP) is 2.82. The van der Waals surface area contributed by atoms with E-state index in [1.807, 2.05) is 0 Å². The number of aromatic nitrogens is 1. The SMILES string of the molecule is Fc1ccc(F)c(CN2CCN(c3ccnc(F)c3)CC2)c1. The molecule has 0 unspecified atom stereocenters. The largest absolute Gasteiger partial charge is 0.369 e. The van der Waals surface area contributed by atoms with Gasteiger partial charge in [-0.25, -0.2) is 13.8 Å². The van der Waals surface area contributed by atoms with Crippen LogP contribution in [0.1, 0.15) is 5.56 Å². The summed E-state index contributed by atoms with van der Waals surface area (Å²) < 4.78 is 40.0. The molecule has 116 valence electrons. The van der Waals surface area contributed by atoms with Crippen LogP contribution in [0.25, 0.3) is 0 Å². The molecule has 0 bridgehead atoms. The second-order valence-corrected chi connectivity index (χ2v) is 5.34. The lowest BCUT2D eigenvalue weighted by Gasteiger charge is -2.36. The van der Waals surface area contributed by atoms with Gasteiger partial charge in [0.25, 0.3) is 0 Å². The fourth-order valence-corrected chi connectivity index (χ4v) is 2.66. The molecule has 0 aliphatic carbocycles. The summed E-state index contributed by atoms with van der Waals surface area (Å²) in [6, 6.07) is 6.68. The highest BCUT2D eigenvalue weighted by molar-refractivity contribution is 5.45. The van der Waals surface area contributed by atoms with Crippen LogP contribution in [0.3, 0.4) is 0 Å². The van der Waals surface area contributed by atoms with E-state index in [1.165, 1.54) is 18.3 Å². The quantitative estimate of drug-likeness (QED) is 0.813. The topological polar surface area (TPSA) is 19.4 Å². The molecule has 0 atom stereocenters.